The molecule has 0 amide bonds. The van der Waals surface area contributed by atoms with Gasteiger partial charge in [-0.15, -0.1) is 0 Å². The van der Waals surface area contributed by atoms with Gasteiger partial charge in [-0.05, 0) is 26.7 Å². The predicted molar refractivity (Wildman–Crippen MR) is 50.4 cm³/mol. The first-order valence-electron chi connectivity index (χ1n) is 4.75. The number of hydrogen-bond donors (Lipinski definition) is 1. The number of hydrogen-bond acceptors (Lipinski definition) is 3. The molecule has 13 heavy (non-hydrogen) atoms. The smallest absolute Gasteiger partial charge is 0.153 e. The van der Waals surface area contributed by atoms with E-state index in [2.05, 4.69) is 23.9 Å². The number of rotatable bonds is 3. The minimum absolute atomic E-state index is 0.111. The highest BCUT2D eigenvalue weighted by atomic mass is 15.4. The van der Waals surface area contributed by atoms with Crippen LogP contribution >= 0.6 is 0 Å². The van der Waals surface area contributed by atoms with Gasteiger partial charge in [0.15, 0.2) is 5.82 Å². The van der Waals surface area contributed by atoms with Gasteiger partial charge in [0.25, 0.3) is 0 Å². The van der Waals surface area contributed by atoms with E-state index in [-0.39, 0.29) is 5.54 Å². The van der Waals surface area contributed by atoms with Gasteiger partial charge in [-0.1, -0.05) is 0 Å². The molecule has 0 radical (unpaired) electrons. The second-order valence-corrected chi connectivity index (χ2v) is 4.34. The molecule has 1 aromatic rings. The Balaban J connectivity index is 2.20. The monoisotopic (exact) mass is 180 g/mol. The Bertz CT molecular complexity index is 298. The summed E-state index contributed by atoms with van der Waals surface area (Å²) < 4.78 is 1.88. The van der Waals surface area contributed by atoms with E-state index >= 15 is 0 Å². The van der Waals surface area contributed by atoms with Gasteiger partial charge in [0.1, 0.15) is 6.33 Å². The number of aromatic nitrogens is 3. The van der Waals surface area contributed by atoms with Crippen LogP contribution in [0.25, 0.3) is 0 Å². The summed E-state index contributed by atoms with van der Waals surface area (Å²) in [4.78, 5) is 4.29. The van der Waals surface area contributed by atoms with Crippen molar-refractivity contribution in [2.75, 3.05) is 6.54 Å². The van der Waals surface area contributed by atoms with Gasteiger partial charge in [0.2, 0.25) is 0 Å². The van der Waals surface area contributed by atoms with E-state index in [1.807, 2.05) is 4.68 Å². The Morgan fingerprint density at radius 1 is 1.62 bits per heavy atom. The van der Waals surface area contributed by atoms with E-state index in [0.717, 1.165) is 5.82 Å². The lowest BCUT2D eigenvalue weighted by Crippen LogP contribution is -2.35. The molecule has 2 N–H and O–H groups in total. The van der Waals surface area contributed by atoms with Crippen LogP contribution < -0.4 is 5.73 Å². The van der Waals surface area contributed by atoms with Crippen LogP contribution in [0.1, 0.15) is 38.4 Å². The minimum Gasteiger partial charge on any atom is -0.328 e. The molecule has 1 aliphatic rings. The Labute approximate surface area is 78.1 Å². The van der Waals surface area contributed by atoms with Crippen molar-refractivity contribution in [1.29, 1.82) is 0 Å². The van der Waals surface area contributed by atoms with Crippen molar-refractivity contribution < 1.29 is 0 Å². The molecule has 72 valence electrons. The van der Waals surface area contributed by atoms with Crippen molar-refractivity contribution in [2.24, 2.45) is 5.73 Å². The summed E-state index contributed by atoms with van der Waals surface area (Å²) in [6.07, 6.45) is 4.28. The molecule has 0 spiro atoms. The van der Waals surface area contributed by atoms with Crippen LogP contribution in [0.5, 0.6) is 0 Å². The lowest BCUT2D eigenvalue weighted by Gasteiger charge is -2.21. The molecule has 1 fully saturated rings. The minimum atomic E-state index is -0.111. The van der Waals surface area contributed by atoms with Gasteiger partial charge in [0, 0.05) is 12.5 Å². The van der Waals surface area contributed by atoms with E-state index in [9.17, 15) is 0 Å². The summed E-state index contributed by atoms with van der Waals surface area (Å²) in [5.41, 5.74) is 5.54. The maximum atomic E-state index is 5.65. The molecule has 1 heterocycles. The van der Waals surface area contributed by atoms with E-state index in [0.29, 0.717) is 12.5 Å². The van der Waals surface area contributed by atoms with Crippen molar-refractivity contribution in [3.05, 3.63) is 12.2 Å². The zero-order chi connectivity index (χ0) is 9.47. The molecule has 2 rings (SSSR count). The molecule has 1 saturated carbocycles. The first-order chi connectivity index (χ1) is 6.13. The lowest BCUT2D eigenvalue weighted by atomic mass is 10.1. The number of nitrogens with two attached hydrogens (primary N) is 1. The quantitative estimate of drug-likeness (QED) is 0.750. The van der Waals surface area contributed by atoms with E-state index in [1.165, 1.54) is 12.8 Å². The summed E-state index contributed by atoms with van der Waals surface area (Å²) in [6, 6.07) is 0. The van der Waals surface area contributed by atoms with E-state index in [4.69, 9.17) is 5.73 Å². The largest absolute Gasteiger partial charge is 0.328 e. The summed E-state index contributed by atoms with van der Waals surface area (Å²) in [6.45, 7) is 4.72. The Hall–Kier alpha value is -0.900. The highest BCUT2D eigenvalue weighted by molar-refractivity contribution is 5.03. The molecule has 0 unspecified atom stereocenters. The van der Waals surface area contributed by atoms with Crippen LogP contribution in [-0.4, -0.2) is 21.3 Å². The second-order valence-electron chi connectivity index (χ2n) is 4.34. The highest BCUT2D eigenvalue weighted by Crippen LogP contribution is 2.37. The fourth-order valence-electron chi connectivity index (χ4n) is 1.19. The van der Waals surface area contributed by atoms with Gasteiger partial charge in [-0.3, -0.25) is 0 Å². The predicted octanol–water partition coefficient (Wildman–Crippen LogP) is 0.849. The third-order valence-electron chi connectivity index (χ3n) is 2.57. The average molecular weight is 180 g/mol. The summed E-state index contributed by atoms with van der Waals surface area (Å²) in [7, 11) is 0. The van der Waals surface area contributed by atoms with Gasteiger partial charge in [0.05, 0.1) is 5.54 Å². The van der Waals surface area contributed by atoms with Crippen LogP contribution in [0, 0.1) is 0 Å². The van der Waals surface area contributed by atoms with Gasteiger partial charge < -0.3 is 5.73 Å². The number of nitrogens with zero attached hydrogens (tertiary/aromatic N) is 3. The van der Waals surface area contributed by atoms with Gasteiger partial charge >= 0.3 is 0 Å². The molecule has 0 aromatic carbocycles. The fourth-order valence-corrected chi connectivity index (χ4v) is 1.19. The van der Waals surface area contributed by atoms with Crippen molar-refractivity contribution in [3.63, 3.8) is 0 Å². The standard InChI is InChI=1S/C9H16N4/c1-9(2,5-10)13-6-11-8(12-13)7-3-4-7/h6-7H,3-5,10H2,1-2H3. The molecule has 0 saturated heterocycles. The second kappa shape index (κ2) is 2.80. The third kappa shape index (κ3) is 1.58. The van der Waals surface area contributed by atoms with Crippen LogP contribution in [0.15, 0.2) is 6.33 Å². The highest BCUT2D eigenvalue weighted by Gasteiger charge is 2.29. The molecular weight excluding hydrogens is 164 g/mol. The first kappa shape index (κ1) is 8.69. The van der Waals surface area contributed by atoms with Crippen LogP contribution in [-0.2, 0) is 5.54 Å². The molecular formula is C9H16N4. The SMILES string of the molecule is CC(C)(CN)n1cnc(C2CC2)n1. The topological polar surface area (TPSA) is 56.7 Å². The van der Waals surface area contributed by atoms with E-state index < -0.39 is 0 Å². The lowest BCUT2D eigenvalue weighted by molar-refractivity contribution is 0.327. The summed E-state index contributed by atoms with van der Waals surface area (Å²) >= 11 is 0. The third-order valence-corrected chi connectivity index (χ3v) is 2.57. The Morgan fingerprint density at radius 2 is 2.31 bits per heavy atom. The maximum absolute atomic E-state index is 5.65. The van der Waals surface area contributed by atoms with Gasteiger partial charge in [-0.25, -0.2) is 9.67 Å². The molecule has 1 aliphatic carbocycles. The summed E-state index contributed by atoms with van der Waals surface area (Å²) in [5.74, 6) is 1.61. The molecule has 0 atom stereocenters. The van der Waals surface area contributed by atoms with Crippen molar-refractivity contribution in [1.82, 2.24) is 14.8 Å². The van der Waals surface area contributed by atoms with E-state index in [1.54, 1.807) is 6.33 Å². The molecule has 1 aromatic heterocycles. The van der Waals surface area contributed by atoms with Crippen molar-refractivity contribution >= 4 is 0 Å². The molecule has 4 heteroatoms. The van der Waals surface area contributed by atoms with Gasteiger partial charge in [-0.2, -0.15) is 5.10 Å². The van der Waals surface area contributed by atoms with Crippen molar-refractivity contribution in [2.45, 2.75) is 38.1 Å². The maximum Gasteiger partial charge on any atom is 0.153 e. The van der Waals surface area contributed by atoms with Crippen LogP contribution in [0.4, 0.5) is 0 Å². The van der Waals surface area contributed by atoms with Crippen molar-refractivity contribution in [3.8, 4) is 0 Å². The summed E-state index contributed by atoms with van der Waals surface area (Å²) in [5, 5.41) is 4.44. The zero-order valence-electron chi connectivity index (χ0n) is 8.20. The van der Waals surface area contributed by atoms with Crippen LogP contribution in [0.3, 0.4) is 0 Å². The normalized spacial score (nSPS) is 17.8. The average Bonchev–Trinajstić information content (AvgIpc) is 2.83. The fraction of sp³-hybridized carbons (Fsp3) is 0.778. The first-order valence-corrected chi connectivity index (χ1v) is 4.75. The Morgan fingerprint density at radius 3 is 2.85 bits per heavy atom. The molecule has 0 aliphatic heterocycles. The molecule has 0 bridgehead atoms. The zero-order valence-corrected chi connectivity index (χ0v) is 8.20. The van der Waals surface area contributed by atoms with Crippen LogP contribution in [0.2, 0.25) is 0 Å². The Kier molecular flexibility index (Phi) is 1.87. The molecule has 4 nitrogen and oxygen atoms in total.